The van der Waals surface area contributed by atoms with Gasteiger partial charge in [0, 0.05) is 50.6 Å². The molecule has 0 radical (unpaired) electrons. The number of rotatable bonds is 4. The molecule has 5 nitrogen and oxygen atoms in total. The number of guanidine groups is 1. The van der Waals surface area contributed by atoms with Crippen molar-refractivity contribution in [1.82, 2.24) is 15.1 Å². The minimum Gasteiger partial charge on any atom is -0.352 e. The van der Waals surface area contributed by atoms with Crippen molar-refractivity contribution in [2.24, 2.45) is 10.4 Å². The molecule has 0 spiro atoms. The van der Waals surface area contributed by atoms with Crippen molar-refractivity contribution < 1.29 is 4.79 Å². The second-order valence-electron chi connectivity index (χ2n) is 8.67. The van der Waals surface area contributed by atoms with Gasteiger partial charge in [0.1, 0.15) is 0 Å². The Balaban J connectivity index is 0.00000261. The zero-order valence-corrected chi connectivity index (χ0v) is 19.5. The molecule has 1 N–H and O–H groups in total. The lowest BCUT2D eigenvalue weighted by molar-refractivity contribution is -0.128. The summed E-state index contributed by atoms with van der Waals surface area (Å²) >= 11 is 0. The Labute approximate surface area is 180 Å². The number of carbonyl (C=O) groups excluding carboxylic acids is 1. The van der Waals surface area contributed by atoms with E-state index in [9.17, 15) is 4.79 Å². The van der Waals surface area contributed by atoms with Crippen LogP contribution in [0.2, 0.25) is 0 Å². The molecule has 2 aliphatic heterocycles. The van der Waals surface area contributed by atoms with Crippen LogP contribution in [0.3, 0.4) is 0 Å². The average Bonchev–Trinajstić information content (AvgIpc) is 3.00. The van der Waals surface area contributed by atoms with E-state index in [0.29, 0.717) is 11.8 Å². The van der Waals surface area contributed by atoms with Crippen LogP contribution in [0.5, 0.6) is 0 Å². The summed E-state index contributed by atoms with van der Waals surface area (Å²) in [7, 11) is 1.85. The Bertz CT molecular complexity index is 697. The number of carbonyl (C=O) groups is 1. The second kappa shape index (κ2) is 8.37. The summed E-state index contributed by atoms with van der Waals surface area (Å²) in [5, 5.41) is 3.49. The van der Waals surface area contributed by atoms with Gasteiger partial charge in [-0.15, -0.1) is 24.0 Å². The zero-order valence-electron chi connectivity index (χ0n) is 17.2. The van der Waals surface area contributed by atoms with Crippen molar-refractivity contribution in [3.8, 4) is 0 Å². The van der Waals surface area contributed by atoms with Crippen molar-refractivity contribution in [1.29, 1.82) is 0 Å². The monoisotopic (exact) mass is 484 g/mol. The molecular weight excluding hydrogens is 451 g/mol. The molecule has 2 saturated heterocycles. The summed E-state index contributed by atoms with van der Waals surface area (Å²) in [5.74, 6) is 1.24. The number of hydrogen-bond donors (Lipinski definition) is 1. The third-order valence-corrected chi connectivity index (χ3v) is 6.37. The van der Waals surface area contributed by atoms with Crippen LogP contribution in [-0.4, -0.2) is 47.3 Å². The highest BCUT2D eigenvalue weighted by Gasteiger charge is 2.53. The van der Waals surface area contributed by atoms with E-state index in [4.69, 9.17) is 0 Å². The van der Waals surface area contributed by atoms with E-state index in [2.05, 4.69) is 67.2 Å². The van der Waals surface area contributed by atoms with Crippen LogP contribution in [0.4, 0.5) is 0 Å². The zero-order chi connectivity index (χ0) is 18.9. The first-order chi connectivity index (χ1) is 12.2. The first-order valence-corrected chi connectivity index (χ1v) is 9.58. The number of hydrogen-bond acceptors (Lipinski definition) is 2. The predicted octanol–water partition coefficient (Wildman–Crippen LogP) is 3.62. The number of halogens is 1. The lowest BCUT2D eigenvalue weighted by Crippen LogP contribution is -2.72. The maximum Gasteiger partial charge on any atom is 0.222 e. The van der Waals surface area contributed by atoms with Gasteiger partial charge < -0.3 is 15.1 Å². The standard InChI is InChI=1S/C21H32N4O.HI/c1-20(2)15-25(21(20,3)4)19(22-5)23-13-16-8-10-17(11-9-16)14-24-12-6-7-18(24)26;/h8-11H,6-7,12-15H2,1-5H3,(H,22,23);1H. The Morgan fingerprint density at radius 2 is 1.78 bits per heavy atom. The number of nitrogens with zero attached hydrogens (tertiary/aromatic N) is 3. The van der Waals surface area contributed by atoms with Crippen LogP contribution < -0.4 is 5.32 Å². The molecule has 27 heavy (non-hydrogen) atoms. The van der Waals surface area contributed by atoms with Crippen molar-refractivity contribution in [2.75, 3.05) is 20.1 Å². The number of nitrogens with one attached hydrogen (secondary N) is 1. The second-order valence-corrected chi connectivity index (χ2v) is 8.67. The molecule has 2 heterocycles. The van der Waals surface area contributed by atoms with E-state index in [1.807, 2.05) is 11.9 Å². The number of aliphatic imine (C=N–C) groups is 1. The molecular formula is C21H33IN4O. The molecule has 0 aromatic heterocycles. The molecule has 6 heteroatoms. The molecule has 1 amide bonds. The molecule has 2 aliphatic rings. The van der Waals surface area contributed by atoms with E-state index in [0.717, 1.165) is 38.6 Å². The third kappa shape index (κ3) is 4.41. The number of amides is 1. The smallest absolute Gasteiger partial charge is 0.222 e. The number of likely N-dealkylation sites (tertiary alicyclic amines) is 2. The maximum atomic E-state index is 11.8. The minimum absolute atomic E-state index is 0. The minimum atomic E-state index is 0. The summed E-state index contributed by atoms with van der Waals surface area (Å²) in [5.41, 5.74) is 2.81. The van der Waals surface area contributed by atoms with Crippen molar-refractivity contribution in [3.63, 3.8) is 0 Å². The van der Waals surface area contributed by atoms with Gasteiger partial charge in [-0.3, -0.25) is 9.79 Å². The van der Waals surface area contributed by atoms with Gasteiger partial charge in [-0.2, -0.15) is 0 Å². The lowest BCUT2D eigenvalue weighted by Gasteiger charge is -2.62. The molecule has 1 aromatic carbocycles. The Morgan fingerprint density at radius 1 is 1.15 bits per heavy atom. The maximum absolute atomic E-state index is 11.8. The first-order valence-electron chi connectivity index (χ1n) is 9.58. The van der Waals surface area contributed by atoms with Gasteiger partial charge in [0.25, 0.3) is 0 Å². The van der Waals surface area contributed by atoms with Gasteiger partial charge in [0.05, 0.1) is 0 Å². The van der Waals surface area contributed by atoms with E-state index in [-0.39, 0.29) is 35.4 Å². The fourth-order valence-corrected chi connectivity index (χ4v) is 3.73. The van der Waals surface area contributed by atoms with Crippen LogP contribution in [0.25, 0.3) is 0 Å². The normalized spacial score (nSPS) is 20.9. The van der Waals surface area contributed by atoms with Crippen molar-refractivity contribution in [3.05, 3.63) is 35.4 Å². The highest BCUT2D eigenvalue weighted by atomic mass is 127. The van der Waals surface area contributed by atoms with Crippen LogP contribution >= 0.6 is 24.0 Å². The van der Waals surface area contributed by atoms with Gasteiger partial charge in [-0.1, -0.05) is 38.1 Å². The topological polar surface area (TPSA) is 47.9 Å². The Hall–Kier alpha value is -1.31. The molecule has 150 valence electrons. The molecule has 0 atom stereocenters. The van der Waals surface area contributed by atoms with E-state index < -0.39 is 0 Å². The van der Waals surface area contributed by atoms with E-state index in [1.54, 1.807) is 0 Å². The van der Waals surface area contributed by atoms with Crippen LogP contribution in [0.15, 0.2) is 29.3 Å². The molecule has 2 fully saturated rings. The quantitative estimate of drug-likeness (QED) is 0.404. The first kappa shape index (κ1) is 22.0. The van der Waals surface area contributed by atoms with Crippen LogP contribution in [-0.2, 0) is 17.9 Å². The molecule has 0 aliphatic carbocycles. The summed E-state index contributed by atoms with van der Waals surface area (Å²) in [6.45, 7) is 12.5. The molecule has 3 rings (SSSR count). The summed E-state index contributed by atoms with van der Waals surface area (Å²) in [6, 6.07) is 8.53. The molecule has 0 unspecified atom stereocenters. The van der Waals surface area contributed by atoms with Gasteiger partial charge in [-0.05, 0) is 31.4 Å². The van der Waals surface area contributed by atoms with Gasteiger partial charge >= 0.3 is 0 Å². The Morgan fingerprint density at radius 3 is 2.26 bits per heavy atom. The summed E-state index contributed by atoms with van der Waals surface area (Å²) in [6.07, 6.45) is 1.69. The highest BCUT2D eigenvalue weighted by molar-refractivity contribution is 14.0. The largest absolute Gasteiger partial charge is 0.352 e. The van der Waals surface area contributed by atoms with Crippen molar-refractivity contribution >= 4 is 35.8 Å². The predicted molar refractivity (Wildman–Crippen MR) is 121 cm³/mol. The molecule has 1 aromatic rings. The van der Waals surface area contributed by atoms with Crippen LogP contribution in [0.1, 0.15) is 51.7 Å². The van der Waals surface area contributed by atoms with Crippen molar-refractivity contribution in [2.45, 2.75) is 59.2 Å². The van der Waals surface area contributed by atoms with Crippen LogP contribution in [0, 0.1) is 5.41 Å². The number of benzene rings is 1. The molecule has 0 saturated carbocycles. The summed E-state index contributed by atoms with van der Waals surface area (Å²) in [4.78, 5) is 20.5. The highest BCUT2D eigenvalue weighted by Crippen LogP contribution is 2.46. The average molecular weight is 484 g/mol. The van der Waals surface area contributed by atoms with Gasteiger partial charge in [-0.25, -0.2) is 0 Å². The third-order valence-electron chi connectivity index (χ3n) is 6.37. The Kier molecular flexibility index (Phi) is 6.81. The van der Waals surface area contributed by atoms with Gasteiger partial charge in [0.15, 0.2) is 5.96 Å². The fourth-order valence-electron chi connectivity index (χ4n) is 3.73. The lowest BCUT2D eigenvalue weighted by atomic mass is 9.65. The van der Waals surface area contributed by atoms with E-state index >= 15 is 0 Å². The van der Waals surface area contributed by atoms with E-state index in [1.165, 1.54) is 11.1 Å². The SMILES string of the molecule is CN=C(NCc1ccc(CN2CCCC2=O)cc1)N1CC(C)(C)C1(C)C.I. The summed E-state index contributed by atoms with van der Waals surface area (Å²) < 4.78 is 0. The van der Waals surface area contributed by atoms with Gasteiger partial charge in [0.2, 0.25) is 5.91 Å². The molecule has 0 bridgehead atoms. The fraction of sp³-hybridized carbons (Fsp3) is 0.619.